The Morgan fingerprint density at radius 2 is 1.82 bits per heavy atom. The van der Waals surface area contributed by atoms with E-state index in [0.29, 0.717) is 5.92 Å². The lowest BCUT2D eigenvalue weighted by molar-refractivity contribution is -0.0328. The highest BCUT2D eigenvalue weighted by Gasteiger charge is 2.30. The maximum atomic E-state index is 12.7. The minimum absolute atomic E-state index is 0.0210. The summed E-state index contributed by atoms with van der Waals surface area (Å²) in [6, 6.07) is 5.67. The first-order chi connectivity index (χ1) is 10.0. The molecule has 22 heavy (non-hydrogen) atoms. The fourth-order valence-electron chi connectivity index (χ4n) is 3.04. The van der Waals surface area contributed by atoms with E-state index in [1.54, 1.807) is 12.1 Å². The summed E-state index contributed by atoms with van der Waals surface area (Å²) in [7, 11) is 0. The van der Waals surface area contributed by atoms with E-state index in [-0.39, 0.29) is 28.1 Å². The molecule has 2 rings (SSSR count). The Morgan fingerprint density at radius 3 is 2.32 bits per heavy atom. The van der Waals surface area contributed by atoms with Crippen LogP contribution in [-0.4, -0.2) is 11.6 Å². The third-order valence-corrected chi connectivity index (χ3v) is 4.87. The molecular formula is C17H24F3NS. The molecule has 1 saturated carbocycles. The molecule has 1 aromatic rings. The number of thioether (sulfide) groups is 1. The molecule has 0 spiro atoms. The van der Waals surface area contributed by atoms with Gasteiger partial charge in [-0.1, -0.05) is 26.8 Å². The van der Waals surface area contributed by atoms with Crippen LogP contribution in [0, 0.1) is 5.92 Å². The van der Waals surface area contributed by atoms with Gasteiger partial charge in [0.15, 0.2) is 0 Å². The molecule has 5 heteroatoms. The van der Waals surface area contributed by atoms with Crippen LogP contribution in [-0.2, 0) is 11.8 Å². The molecule has 0 heterocycles. The van der Waals surface area contributed by atoms with E-state index >= 15 is 0 Å². The van der Waals surface area contributed by atoms with Crippen LogP contribution in [0.3, 0.4) is 0 Å². The average Bonchev–Trinajstić information content (AvgIpc) is 2.71. The van der Waals surface area contributed by atoms with E-state index in [1.165, 1.54) is 0 Å². The number of benzene rings is 1. The predicted octanol–water partition coefficient (Wildman–Crippen LogP) is 5.27. The Labute approximate surface area is 134 Å². The van der Waals surface area contributed by atoms with Crippen molar-refractivity contribution < 1.29 is 13.2 Å². The van der Waals surface area contributed by atoms with Crippen LogP contribution in [0.5, 0.6) is 0 Å². The summed E-state index contributed by atoms with van der Waals surface area (Å²) in [4.78, 5) is 0.289. The molecule has 2 atom stereocenters. The van der Waals surface area contributed by atoms with Crippen molar-refractivity contribution in [1.82, 2.24) is 0 Å². The largest absolute Gasteiger partial charge is 0.446 e. The molecule has 0 saturated heterocycles. The van der Waals surface area contributed by atoms with E-state index < -0.39 is 5.51 Å². The first kappa shape index (κ1) is 17.7. The number of hydrogen-bond acceptors (Lipinski definition) is 2. The summed E-state index contributed by atoms with van der Waals surface area (Å²) in [6.07, 6.45) is 3.89. The molecular weight excluding hydrogens is 307 g/mol. The van der Waals surface area contributed by atoms with Gasteiger partial charge < -0.3 is 5.73 Å². The molecule has 1 nitrogen and oxygen atoms in total. The van der Waals surface area contributed by atoms with E-state index in [9.17, 15) is 13.2 Å². The Kier molecular flexibility index (Phi) is 5.17. The van der Waals surface area contributed by atoms with E-state index in [2.05, 4.69) is 6.07 Å². The molecule has 0 amide bonds. The zero-order chi connectivity index (χ0) is 16.5. The van der Waals surface area contributed by atoms with Crippen LogP contribution < -0.4 is 5.73 Å². The summed E-state index contributed by atoms with van der Waals surface area (Å²) in [5, 5.41) is 0. The highest BCUT2D eigenvalue weighted by atomic mass is 32.2. The molecule has 124 valence electrons. The van der Waals surface area contributed by atoms with Crippen molar-refractivity contribution in [2.75, 3.05) is 0 Å². The SMILES string of the molecule is CC(C)(C)c1cc(CC2CCC(N)C2)cc(SC(F)(F)F)c1. The molecule has 1 fully saturated rings. The molecule has 0 radical (unpaired) electrons. The van der Waals surface area contributed by atoms with Gasteiger partial charge in [0.05, 0.1) is 0 Å². The monoisotopic (exact) mass is 331 g/mol. The van der Waals surface area contributed by atoms with Crippen molar-refractivity contribution in [2.24, 2.45) is 11.7 Å². The lowest BCUT2D eigenvalue weighted by Gasteiger charge is -2.22. The first-order valence-electron chi connectivity index (χ1n) is 7.69. The standard InChI is InChI=1S/C17H24F3NS/c1-16(2,3)13-7-12(6-11-4-5-14(21)8-11)9-15(10-13)22-17(18,19)20/h7,9-11,14H,4-6,8,21H2,1-3H3. The van der Waals surface area contributed by atoms with Crippen LogP contribution in [0.25, 0.3) is 0 Å². The maximum Gasteiger partial charge on any atom is 0.446 e. The van der Waals surface area contributed by atoms with Gasteiger partial charge in [-0.05, 0) is 72.0 Å². The third kappa shape index (κ3) is 5.20. The quantitative estimate of drug-likeness (QED) is 0.764. The second-order valence-corrected chi connectivity index (χ2v) is 8.45. The minimum atomic E-state index is -4.25. The van der Waals surface area contributed by atoms with Crippen molar-refractivity contribution in [2.45, 2.75) is 68.3 Å². The van der Waals surface area contributed by atoms with Gasteiger partial charge >= 0.3 is 5.51 Å². The lowest BCUT2D eigenvalue weighted by atomic mass is 9.85. The van der Waals surface area contributed by atoms with Crippen molar-refractivity contribution in [3.8, 4) is 0 Å². The van der Waals surface area contributed by atoms with Gasteiger partial charge in [0.25, 0.3) is 0 Å². The van der Waals surface area contributed by atoms with Crippen LogP contribution in [0.2, 0.25) is 0 Å². The van der Waals surface area contributed by atoms with Crippen LogP contribution in [0.15, 0.2) is 23.1 Å². The Balaban J connectivity index is 2.25. The third-order valence-electron chi connectivity index (χ3n) is 4.17. The summed E-state index contributed by atoms with van der Waals surface area (Å²) in [5.41, 5.74) is 3.48. The van der Waals surface area contributed by atoms with Gasteiger partial charge in [0, 0.05) is 10.9 Å². The number of nitrogens with two attached hydrogens (primary N) is 1. The Bertz CT molecular complexity index is 520. The maximum absolute atomic E-state index is 12.7. The zero-order valence-electron chi connectivity index (χ0n) is 13.3. The van der Waals surface area contributed by atoms with Crippen molar-refractivity contribution in [3.05, 3.63) is 29.3 Å². The summed E-state index contributed by atoms with van der Waals surface area (Å²) >= 11 is -0.0210. The molecule has 1 aliphatic carbocycles. The zero-order valence-corrected chi connectivity index (χ0v) is 14.2. The number of hydrogen-bond donors (Lipinski definition) is 1. The van der Waals surface area contributed by atoms with Crippen molar-refractivity contribution in [1.29, 1.82) is 0 Å². The van der Waals surface area contributed by atoms with Gasteiger partial charge in [-0.15, -0.1) is 0 Å². The smallest absolute Gasteiger partial charge is 0.328 e. The van der Waals surface area contributed by atoms with Gasteiger partial charge in [0.2, 0.25) is 0 Å². The van der Waals surface area contributed by atoms with Crippen molar-refractivity contribution in [3.63, 3.8) is 0 Å². The highest BCUT2D eigenvalue weighted by Crippen LogP contribution is 2.39. The van der Waals surface area contributed by atoms with Gasteiger partial charge in [-0.3, -0.25) is 0 Å². The molecule has 1 aliphatic rings. The second-order valence-electron chi connectivity index (χ2n) is 7.31. The van der Waals surface area contributed by atoms with E-state index in [0.717, 1.165) is 36.8 Å². The normalized spacial score (nSPS) is 23.0. The first-order valence-corrected chi connectivity index (χ1v) is 8.50. The number of rotatable bonds is 3. The van der Waals surface area contributed by atoms with E-state index in [1.807, 2.05) is 20.8 Å². The topological polar surface area (TPSA) is 26.0 Å². The number of alkyl halides is 3. The van der Waals surface area contributed by atoms with Crippen LogP contribution >= 0.6 is 11.8 Å². The number of halogens is 3. The molecule has 0 aliphatic heterocycles. The van der Waals surface area contributed by atoms with E-state index in [4.69, 9.17) is 5.73 Å². The summed E-state index contributed by atoms with van der Waals surface area (Å²) in [6.45, 7) is 6.08. The minimum Gasteiger partial charge on any atom is -0.328 e. The second kappa shape index (κ2) is 6.44. The molecule has 2 N–H and O–H groups in total. The predicted molar refractivity (Wildman–Crippen MR) is 86.1 cm³/mol. The summed E-state index contributed by atoms with van der Waals surface area (Å²) in [5.74, 6) is 0.494. The average molecular weight is 331 g/mol. The fraction of sp³-hybridized carbons (Fsp3) is 0.647. The summed E-state index contributed by atoms with van der Waals surface area (Å²) < 4.78 is 38.1. The Hall–Kier alpha value is -0.680. The molecule has 0 bridgehead atoms. The molecule has 0 aromatic heterocycles. The molecule has 2 unspecified atom stereocenters. The van der Waals surface area contributed by atoms with Crippen molar-refractivity contribution >= 4 is 11.8 Å². The highest BCUT2D eigenvalue weighted by molar-refractivity contribution is 8.00. The van der Waals surface area contributed by atoms with Crippen LogP contribution in [0.1, 0.15) is 51.2 Å². The lowest BCUT2D eigenvalue weighted by Crippen LogP contribution is -2.15. The van der Waals surface area contributed by atoms with Crippen LogP contribution in [0.4, 0.5) is 13.2 Å². The molecule has 1 aromatic carbocycles. The van der Waals surface area contributed by atoms with Gasteiger partial charge in [-0.2, -0.15) is 13.2 Å². The fourth-order valence-corrected chi connectivity index (χ4v) is 3.70. The Morgan fingerprint density at radius 1 is 1.14 bits per heavy atom. The van der Waals surface area contributed by atoms with Gasteiger partial charge in [0.1, 0.15) is 0 Å². The van der Waals surface area contributed by atoms with Gasteiger partial charge in [-0.25, -0.2) is 0 Å².